The molecule has 48 heavy (non-hydrogen) atoms. The van der Waals surface area contributed by atoms with Crippen LogP contribution in [0.3, 0.4) is 0 Å². The van der Waals surface area contributed by atoms with Crippen LogP contribution >= 0.6 is 11.3 Å². The zero-order valence-corrected chi connectivity index (χ0v) is 31.0. The van der Waals surface area contributed by atoms with Gasteiger partial charge in [0.15, 0.2) is 0 Å². The van der Waals surface area contributed by atoms with Crippen LogP contribution in [0.1, 0.15) is 107 Å². The summed E-state index contributed by atoms with van der Waals surface area (Å²) in [5, 5.41) is 8.38. The van der Waals surface area contributed by atoms with Crippen LogP contribution in [0.25, 0.3) is 0 Å². The van der Waals surface area contributed by atoms with E-state index in [4.69, 9.17) is 9.72 Å². The quantitative estimate of drug-likeness (QED) is 0.137. The Morgan fingerprint density at radius 1 is 1.00 bits per heavy atom. The molecular weight excluding hydrogens is 627 g/mol. The second-order valence-corrected chi connectivity index (χ2v) is 14.0. The third-order valence-corrected chi connectivity index (χ3v) is 9.19. The standard InChI is InChI=1S/C37H59N5O5S/c1-8-11-18-41(7)24-34(44)38-23-35(45)42(17-9-2)32(27(4)5)22-33(47-19-10-3)37-40-31(26-48-37)36(46)39-30(20-28(6)25-43)21-29-15-13-12-14-16-29/h12-16,25-28,30,32-33H,8-11,17-24H2,1-7H3,(H,38,44)(H,39,46)/t28-,30-,32?,33-/m1/s1. The molecule has 2 aromatic rings. The number of ether oxygens (including phenoxy) is 1. The summed E-state index contributed by atoms with van der Waals surface area (Å²) in [5.41, 5.74) is 1.39. The van der Waals surface area contributed by atoms with E-state index in [0.717, 1.165) is 44.1 Å². The molecule has 0 saturated carbocycles. The third-order valence-electron chi connectivity index (χ3n) is 8.26. The Morgan fingerprint density at radius 3 is 2.35 bits per heavy atom. The fraction of sp³-hybridized carbons (Fsp3) is 0.649. The molecule has 0 aliphatic carbocycles. The number of aldehydes is 1. The Labute approximate surface area is 292 Å². The van der Waals surface area contributed by atoms with Crippen molar-refractivity contribution >= 4 is 35.3 Å². The summed E-state index contributed by atoms with van der Waals surface area (Å²) in [7, 11) is 1.91. The molecule has 0 fully saturated rings. The fourth-order valence-corrected chi connectivity index (χ4v) is 6.53. The van der Waals surface area contributed by atoms with E-state index in [1.165, 1.54) is 11.3 Å². The van der Waals surface area contributed by atoms with Gasteiger partial charge in [0.1, 0.15) is 23.1 Å². The lowest BCUT2D eigenvalue weighted by molar-refractivity contribution is -0.136. The van der Waals surface area contributed by atoms with Gasteiger partial charge in [-0.15, -0.1) is 11.3 Å². The third kappa shape index (κ3) is 14.5. The van der Waals surface area contributed by atoms with Crippen molar-refractivity contribution < 1.29 is 23.9 Å². The minimum absolute atomic E-state index is 0.0569. The minimum Gasteiger partial charge on any atom is -0.371 e. The number of nitrogens with one attached hydrogen (secondary N) is 2. The first kappa shape index (κ1) is 41.0. The van der Waals surface area contributed by atoms with Crippen molar-refractivity contribution in [2.45, 2.75) is 105 Å². The van der Waals surface area contributed by atoms with Crippen molar-refractivity contribution in [3.05, 3.63) is 52.0 Å². The molecule has 1 unspecified atom stereocenters. The molecule has 0 aliphatic heterocycles. The first-order chi connectivity index (χ1) is 23.0. The molecular formula is C37H59N5O5S. The van der Waals surface area contributed by atoms with Gasteiger partial charge in [-0.1, -0.05) is 78.3 Å². The van der Waals surface area contributed by atoms with Crippen LogP contribution in [0.4, 0.5) is 0 Å². The first-order valence-electron chi connectivity index (χ1n) is 17.6. The van der Waals surface area contributed by atoms with Crippen LogP contribution in [-0.2, 0) is 25.5 Å². The van der Waals surface area contributed by atoms with Gasteiger partial charge in [-0.25, -0.2) is 4.98 Å². The van der Waals surface area contributed by atoms with Crippen LogP contribution in [0.2, 0.25) is 0 Å². The van der Waals surface area contributed by atoms with Crippen molar-refractivity contribution in [3.63, 3.8) is 0 Å². The van der Waals surface area contributed by atoms with Crippen molar-refractivity contribution in [1.29, 1.82) is 0 Å². The molecule has 0 aliphatic rings. The number of benzene rings is 1. The number of thiazole rings is 1. The maximum Gasteiger partial charge on any atom is 0.270 e. The zero-order valence-electron chi connectivity index (χ0n) is 30.2. The molecule has 4 atom stereocenters. The maximum atomic E-state index is 13.6. The Morgan fingerprint density at radius 2 is 1.73 bits per heavy atom. The highest BCUT2D eigenvalue weighted by molar-refractivity contribution is 7.09. The van der Waals surface area contributed by atoms with E-state index in [0.29, 0.717) is 43.1 Å². The molecule has 1 aromatic heterocycles. The molecule has 3 amide bonds. The number of unbranched alkanes of at least 4 members (excludes halogenated alkanes) is 1. The topological polar surface area (TPSA) is 121 Å². The molecule has 268 valence electrons. The Kier molecular flexibility index (Phi) is 19.2. The van der Waals surface area contributed by atoms with Crippen LogP contribution in [0, 0.1) is 11.8 Å². The van der Waals surface area contributed by atoms with Gasteiger partial charge in [-0.3, -0.25) is 19.3 Å². The molecule has 11 heteroatoms. The van der Waals surface area contributed by atoms with Crippen LogP contribution in [0.15, 0.2) is 35.7 Å². The summed E-state index contributed by atoms with van der Waals surface area (Å²) in [6.45, 7) is 14.3. The number of carbonyl (C=O) groups is 4. The van der Waals surface area contributed by atoms with E-state index in [1.807, 2.05) is 68.0 Å². The smallest absolute Gasteiger partial charge is 0.270 e. The van der Waals surface area contributed by atoms with Crippen LogP contribution in [0.5, 0.6) is 0 Å². The number of likely N-dealkylation sites (N-methyl/N-ethyl adjacent to an activating group) is 1. The minimum atomic E-state index is -0.409. The normalized spacial score (nSPS) is 13.9. The lowest BCUT2D eigenvalue weighted by Gasteiger charge is -2.36. The van der Waals surface area contributed by atoms with Crippen molar-refractivity contribution in [1.82, 2.24) is 25.4 Å². The second kappa shape index (κ2) is 22.5. The second-order valence-electron chi connectivity index (χ2n) is 13.1. The predicted molar refractivity (Wildman–Crippen MR) is 193 cm³/mol. The molecule has 0 spiro atoms. The highest BCUT2D eigenvalue weighted by Gasteiger charge is 2.31. The van der Waals surface area contributed by atoms with Gasteiger partial charge >= 0.3 is 0 Å². The van der Waals surface area contributed by atoms with Crippen molar-refractivity contribution in [2.24, 2.45) is 11.8 Å². The number of nitrogens with zero attached hydrogens (tertiary/aromatic N) is 3. The van der Waals surface area contributed by atoms with Gasteiger partial charge in [0, 0.05) is 43.0 Å². The first-order valence-corrected chi connectivity index (χ1v) is 18.5. The van der Waals surface area contributed by atoms with Gasteiger partial charge in [0.05, 0.1) is 13.1 Å². The fourth-order valence-electron chi connectivity index (χ4n) is 5.67. The molecule has 0 radical (unpaired) electrons. The molecule has 2 rings (SSSR count). The van der Waals surface area contributed by atoms with E-state index < -0.39 is 6.10 Å². The largest absolute Gasteiger partial charge is 0.371 e. The Balaban J connectivity index is 2.20. The van der Waals surface area contributed by atoms with E-state index in [-0.39, 0.29) is 54.7 Å². The Bertz CT molecular complexity index is 1240. The highest BCUT2D eigenvalue weighted by atomic mass is 32.1. The van der Waals surface area contributed by atoms with E-state index >= 15 is 0 Å². The molecule has 10 nitrogen and oxygen atoms in total. The lowest BCUT2D eigenvalue weighted by atomic mass is 9.95. The van der Waals surface area contributed by atoms with Gasteiger partial charge in [0.2, 0.25) is 11.8 Å². The average molecular weight is 686 g/mol. The summed E-state index contributed by atoms with van der Waals surface area (Å²) in [4.78, 5) is 59.6. The summed E-state index contributed by atoms with van der Waals surface area (Å²) in [5.74, 6) is -0.652. The Hall–Kier alpha value is -3.15. The van der Waals surface area contributed by atoms with E-state index in [9.17, 15) is 19.2 Å². The molecule has 0 bridgehead atoms. The molecule has 1 heterocycles. The van der Waals surface area contributed by atoms with Gasteiger partial charge in [0.25, 0.3) is 5.91 Å². The maximum absolute atomic E-state index is 13.6. The summed E-state index contributed by atoms with van der Waals surface area (Å²) < 4.78 is 6.32. The van der Waals surface area contributed by atoms with Crippen molar-refractivity contribution in [3.8, 4) is 0 Å². The highest BCUT2D eigenvalue weighted by Crippen LogP contribution is 2.31. The van der Waals surface area contributed by atoms with Crippen LogP contribution in [-0.4, -0.2) is 90.7 Å². The van der Waals surface area contributed by atoms with Gasteiger partial charge in [-0.2, -0.15) is 0 Å². The molecule has 2 N–H and O–H groups in total. The number of hydrogen-bond donors (Lipinski definition) is 2. The summed E-state index contributed by atoms with van der Waals surface area (Å²) in [6, 6.07) is 9.52. The van der Waals surface area contributed by atoms with Crippen molar-refractivity contribution in [2.75, 3.05) is 39.8 Å². The van der Waals surface area contributed by atoms with E-state index in [1.54, 1.807) is 5.38 Å². The predicted octanol–water partition coefficient (Wildman–Crippen LogP) is 5.68. The lowest BCUT2D eigenvalue weighted by Crippen LogP contribution is -2.49. The monoisotopic (exact) mass is 685 g/mol. The molecule has 0 saturated heterocycles. The zero-order chi connectivity index (χ0) is 35.5. The van der Waals surface area contributed by atoms with Gasteiger partial charge in [-0.05, 0) is 57.2 Å². The number of carbonyl (C=O) groups excluding carboxylic acids is 4. The SMILES string of the molecule is CCCCN(C)CC(=O)NCC(=O)N(CCC)C(C[C@@H](OCCC)c1nc(C(=O)N[C@@H](Cc2ccccc2)C[C@@H](C)C=O)cs1)C(C)C. The number of aromatic nitrogens is 1. The number of rotatable bonds is 24. The van der Waals surface area contributed by atoms with Crippen LogP contribution < -0.4 is 10.6 Å². The average Bonchev–Trinajstić information content (AvgIpc) is 3.56. The van der Waals surface area contributed by atoms with Gasteiger partial charge < -0.3 is 25.1 Å². The summed E-state index contributed by atoms with van der Waals surface area (Å²) >= 11 is 1.38. The molecule has 1 aromatic carbocycles. The summed E-state index contributed by atoms with van der Waals surface area (Å²) in [6.07, 6.45) is 5.82. The number of hydrogen-bond acceptors (Lipinski definition) is 8. The van der Waals surface area contributed by atoms with E-state index in [2.05, 4.69) is 31.4 Å². The number of amides is 3.